The Morgan fingerprint density at radius 2 is 2.04 bits per heavy atom. The van der Waals surface area contributed by atoms with Gasteiger partial charge in [0.15, 0.2) is 0 Å². The number of carbonyl (C=O) groups is 1. The number of rotatable bonds is 7. The summed E-state index contributed by atoms with van der Waals surface area (Å²) in [6, 6.07) is 15.2. The minimum absolute atomic E-state index is 0.162. The van der Waals surface area contributed by atoms with E-state index < -0.39 is 0 Å². The van der Waals surface area contributed by atoms with Crippen LogP contribution in [0.15, 0.2) is 53.0 Å². The molecule has 1 fully saturated rings. The lowest BCUT2D eigenvalue weighted by molar-refractivity contribution is 0.0508. The molecule has 25 heavy (non-hydrogen) atoms. The zero-order valence-corrected chi connectivity index (χ0v) is 15.5. The lowest BCUT2D eigenvalue weighted by Gasteiger charge is -2.13. The van der Waals surface area contributed by atoms with Gasteiger partial charge in [0.1, 0.15) is 12.4 Å². The quantitative estimate of drug-likeness (QED) is 0.641. The third-order valence-corrected chi connectivity index (χ3v) is 4.70. The molecule has 0 spiro atoms. The van der Waals surface area contributed by atoms with E-state index in [-0.39, 0.29) is 12.1 Å². The summed E-state index contributed by atoms with van der Waals surface area (Å²) in [7, 11) is 0. The molecule has 1 unspecified atom stereocenters. The first-order valence-corrected chi connectivity index (χ1v) is 9.26. The molecule has 0 aromatic heterocycles. The van der Waals surface area contributed by atoms with Gasteiger partial charge in [-0.2, -0.15) is 0 Å². The fraction of sp³-hybridized carbons (Fsp3) is 0.350. The standard InChI is InChI=1S/C20H21BrO4/c21-18-13-16(8-9-19(18)25-14-17-7-4-11-23-17)20(22)24-12-10-15-5-2-1-3-6-15/h1-3,5-6,8-9,13,17H,4,7,10-12,14H2. The molecule has 0 amide bonds. The molecule has 0 radical (unpaired) electrons. The summed E-state index contributed by atoms with van der Waals surface area (Å²) >= 11 is 3.46. The fourth-order valence-electron chi connectivity index (χ4n) is 2.69. The van der Waals surface area contributed by atoms with E-state index >= 15 is 0 Å². The van der Waals surface area contributed by atoms with Gasteiger partial charge < -0.3 is 14.2 Å². The Balaban J connectivity index is 1.49. The number of hydrogen-bond donors (Lipinski definition) is 0. The highest BCUT2D eigenvalue weighted by Crippen LogP contribution is 2.27. The topological polar surface area (TPSA) is 44.8 Å². The van der Waals surface area contributed by atoms with E-state index in [9.17, 15) is 4.79 Å². The van der Waals surface area contributed by atoms with Crippen molar-refractivity contribution in [3.8, 4) is 5.75 Å². The Morgan fingerprint density at radius 3 is 2.76 bits per heavy atom. The van der Waals surface area contributed by atoms with Crippen molar-refractivity contribution in [1.82, 2.24) is 0 Å². The average molecular weight is 405 g/mol. The molecular formula is C20H21BrO4. The van der Waals surface area contributed by atoms with Crippen LogP contribution in [-0.2, 0) is 15.9 Å². The van der Waals surface area contributed by atoms with Crippen molar-refractivity contribution in [1.29, 1.82) is 0 Å². The lowest BCUT2D eigenvalue weighted by atomic mass is 10.2. The highest BCUT2D eigenvalue weighted by atomic mass is 79.9. The summed E-state index contributed by atoms with van der Waals surface area (Å²) in [5, 5.41) is 0. The molecule has 2 aromatic carbocycles. The summed E-state index contributed by atoms with van der Waals surface area (Å²) < 4.78 is 17.4. The highest BCUT2D eigenvalue weighted by Gasteiger charge is 2.17. The molecule has 1 aliphatic heterocycles. The largest absolute Gasteiger partial charge is 0.490 e. The van der Waals surface area contributed by atoms with Crippen LogP contribution < -0.4 is 4.74 Å². The lowest BCUT2D eigenvalue weighted by Crippen LogP contribution is -2.16. The number of carbonyl (C=O) groups excluding carboxylic acids is 1. The van der Waals surface area contributed by atoms with Gasteiger partial charge in [-0.3, -0.25) is 0 Å². The number of ether oxygens (including phenoxy) is 3. The number of esters is 1. The van der Waals surface area contributed by atoms with E-state index in [1.807, 2.05) is 30.3 Å². The van der Waals surface area contributed by atoms with E-state index in [2.05, 4.69) is 15.9 Å². The molecule has 0 bridgehead atoms. The first-order chi connectivity index (χ1) is 12.2. The van der Waals surface area contributed by atoms with Crippen LogP contribution in [0.2, 0.25) is 0 Å². The summed E-state index contributed by atoms with van der Waals surface area (Å²) in [5.41, 5.74) is 1.65. The van der Waals surface area contributed by atoms with Crippen LogP contribution in [0.4, 0.5) is 0 Å². The minimum atomic E-state index is -0.331. The average Bonchev–Trinajstić information content (AvgIpc) is 3.15. The van der Waals surface area contributed by atoms with Gasteiger partial charge in [0.25, 0.3) is 0 Å². The third-order valence-electron chi connectivity index (χ3n) is 4.08. The maximum atomic E-state index is 12.2. The van der Waals surface area contributed by atoms with Crippen LogP contribution in [0.5, 0.6) is 5.75 Å². The number of halogens is 1. The van der Waals surface area contributed by atoms with Crippen molar-refractivity contribution in [2.45, 2.75) is 25.4 Å². The molecule has 1 saturated heterocycles. The predicted octanol–water partition coefficient (Wildman–Crippen LogP) is 4.41. The van der Waals surface area contributed by atoms with Crippen molar-refractivity contribution >= 4 is 21.9 Å². The van der Waals surface area contributed by atoms with Crippen molar-refractivity contribution in [2.75, 3.05) is 19.8 Å². The summed E-state index contributed by atoms with van der Waals surface area (Å²) in [4.78, 5) is 12.2. The van der Waals surface area contributed by atoms with Gasteiger partial charge in [-0.15, -0.1) is 0 Å². The zero-order valence-electron chi connectivity index (χ0n) is 13.9. The van der Waals surface area contributed by atoms with Crippen molar-refractivity contribution in [2.24, 2.45) is 0 Å². The van der Waals surface area contributed by atoms with Crippen LogP contribution in [0.3, 0.4) is 0 Å². The fourth-order valence-corrected chi connectivity index (χ4v) is 3.19. The van der Waals surface area contributed by atoms with Crippen LogP contribution in [0.1, 0.15) is 28.8 Å². The first-order valence-electron chi connectivity index (χ1n) is 8.47. The Labute approximate surface area is 156 Å². The second kappa shape index (κ2) is 9.02. The first kappa shape index (κ1) is 18.0. The van der Waals surface area contributed by atoms with E-state index in [0.717, 1.165) is 29.5 Å². The maximum absolute atomic E-state index is 12.2. The van der Waals surface area contributed by atoms with Crippen LogP contribution in [0, 0.1) is 0 Å². The summed E-state index contributed by atoms with van der Waals surface area (Å²) in [6.45, 7) is 1.69. The predicted molar refractivity (Wildman–Crippen MR) is 99.0 cm³/mol. The molecule has 0 aliphatic carbocycles. The highest BCUT2D eigenvalue weighted by molar-refractivity contribution is 9.10. The molecule has 5 heteroatoms. The van der Waals surface area contributed by atoms with E-state index in [4.69, 9.17) is 14.2 Å². The van der Waals surface area contributed by atoms with Gasteiger partial charge in [0.05, 0.1) is 22.7 Å². The van der Waals surface area contributed by atoms with Crippen molar-refractivity contribution in [3.05, 3.63) is 64.1 Å². The smallest absolute Gasteiger partial charge is 0.338 e. The Bertz CT molecular complexity index is 696. The number of benzene rings is 2. The summed E-state index contributed by atoms with van der Waals surface area (Å²) in [5.74, 6) is 0.374. The van der Waals surface area contributed by atoms with Crippen LogP contribution >= 0.6 is 15.9 Å². The zero-order chi connectivity index (χ0) is 17.5. The van der Waals surface area contributed by atoms with E-state index in [1.54, 1.807) is 18.2 Å². The van der Waals surface area contributed by atoms with Crippen LogP contribution in [0.25, 0.3) is 0 Å². The van der Waals surface area contributed by atoms with Gasteiger partial charge in [-0.05, 0) is 52.5 Å². The Hall–Kier alpha value is -1.85. The minimum Gasteiger partial charge on any atom is -0.490 e. The second-order valence-electron chi connectivity index (χ2n) is 5.96. The van der Waals surface area contributed by atoms with Gasteiger partial charge >= 0.3 is 5.97 Å². The molecule has 0 N–H and O–H groups in total. The normalized spacial score (nSPS) is 16.6. The molecule has 4 nitrogen and oxygen atoms in total. The molecule has 1 aliphatic rings. The van der Waals surface area contributed by atoms with Gasteiger partial charge in [0, 0.05) is 13.0 Å². The molecule has 3 rings (SSSR count). The third kappa shape index (κ3) is 5.31. The van der Waals surface area contributed by atoms with E-state index in [1.165, 1.54) is 0 Å². The molecular weight excluding hydrogens is 384 g/mol. The van der Waals surface area contributed by atoms with Crippen LogP contribution in [-0.4, -0.2) is 31.9 Å². The molecule has 132 valence electrons. The summed E-state index contributed by atoms with van der Waals surface area (Å²) in [6.07, 6.45) is 2.98. The number of hydrogen-bond acceptors (Lipinski definition) is 4. The Morgan fingerprint density at radius 1 is 1.20 bits per heavy atom. The molecule has 1 heterocycles. The second-order valence-corrected chi connectivity index (χ2v) is 6.82. The maximum Gasteiger partial charge on any atom is 0.338 e. The SMILES string of the molecule is O=C(OCCc1ccccc1)c1ccc(OCC2CCCO2)c(Br)c1. The monoisotopic (exact) mass is 404 g/mol. The van der Waals surface area contributed by atoms with Gasteiger partial charge in [-0.1, -0.05) is 30.3 Å². The van der Waals surface area contributed by atoms with Gasteiger partial charge in [-0.25, -0.2) is 4.79 Å². The van der Waals surface area contributed by atoms with Crippen molar-refractivity contribution in [3.63, 3.8) is 0 Å². The molecule has 0 saturated carbocycles. The van der Waals surface area contributed by atoms with Crippen molar-refractivity contribution < 1.29 is 19.0 Å². The molecule has 1 atom stereocenters. The van der Waals surface area contributed by atoms with E-state index in [0.29, 0.717) is 30.9 Å². The molecule has 2 aromatic rings. The Kier molecular flexibility index (Phi) is 6.48. The van der Waals surface area contributed by atoms with Gasteiger partial charge in [0.2, 0.25) is 0 Å².